The summed E-state index contributed by atoms with van der Waals surface area (Å²) in [5, 5.41) is 21.0. The van der Waals surface area contributed by atoms with Crippen molar-refractivity contribution in [3.05, 3.63) is 60.2 Å². The molecule has 1 unspecified atom stereocenters. The quantitative estimate of drug-likeness (QED) is 0.620. The third-order valence-corrected chi connectivity index (χ3v) is 2.78. The van der Waals surface area contributed by atoms with Gasteiger partial charge in [0.05, 0.1) is 12.0 Å². The molecule has 17 heavy (non-hydrogen) atoms. The number of hydrogen-bond acceptors (Lipinski definition) is 3. The molecular formula is C14H12N2O. The second-order valence-electron chi connectivity index (χ2n) is 3.84. The number of rotatable bonds is 2. The van der Waals surface area contributed by atoms with Gasteiger partial charge < -0.3 is 5.21 Å². The van der Waals surface area contributed by atoms with Gasteiger partial charge in [-0.15, -0.1) is 0 Å². The van der Waals surface area contributed by atoms with Gasteiger partial charge in [-0.1, -0.05) is 47.6 Å². The smallest absolute Gasteiger partial charge is 0.102 e. The van der Waals surface area contributed by atoms with Crippen LogP contribution >= 0.6 is 0 Å². The van der Waals surface area contributed by atoms with Gasteiger partial charge >= 0.3 is 0 Å². The van der Waals surface area contributed by atoms with Crippen LogP contribution in [0.25, 0.3) is 0 Å². The van der Waals surface area contributed by atoms with Crippen LogP contribution in [0.1, 0.15) is 11.5 Å². The zero-order chi connectivity index (χ0) is 12.1. The number of nitrogens with zero attached hydrogens (tertiary/aromatic N) is 2. The summed E-state index contributed by atoms with van der Waals surface area (Å²) in [4.78, 5) is 0. The van der Waals surface area contributed by atoms with Crippen LogP contribution in [0.2, 0.25) is 0 Å². The van der Waals surface area contributed by atoms with E-state index in [1.807, 2.05) is 42.5 Å². The summed E-state index contributed by atoms with van der Waals surface area (Å²) < 4.78 is 0. The molecule has 1 aliphatic carbocycles. The summed E-state index contributed by atoms with van der Waals surface area (Å²) in [6.45, 7) is 0. The SMILES string of the molecule is N#CC(c1ccccc1)C1C=CC(=NO)C=C1. The summed E-state index contributed by atoms with van der Waals surface area (Å²) in [5.74, 6) is -0.183. The van der Waals surface area contributed by atoms with Gasteiger partial charge in [-0.05, 0) is 17.7 Å². The molecule has 1 atom stereocenters. The first-order valence-electron chi connectivity index (χ1n) is 5.38. The van der Waals surface area contributed by atoms with Gasteiger partial charge in [-0.2, -0.15) is 5.26 Å². The van der Waals surface area contributed by atoms with Crippen molar-refractivity contribution in [3.63, 3.8) is 0 Å². The summed E-state index contributed by atoms with van der Waals surface area (Å²) in [6.07, 6.45) is 7.21. The van der Waals surface area contributed by atoms with Crippen LogP contribution in [-0.2, 0) is 0 Å². The molecule has 0 amide bonds. The highest BCUT2D eigenvalue weighted by molar-refractivity contribution is 6.04. The maximum atomic E-state index is 9.26. The van der Waals surface area contributed by atoms with E-state index < -0.39 is 0 Å². The second-order valence-corrected chi connectivity index (χ2v) is 3.84. The highest BCUT2D eigenvalue weighted by Crippen LogP contribution is 2.27. The van der Waals surface area contributed by atoms with Crippen LogP contribution in [0.5, 0.6) is 0 Å². The molecule has 3 nitrogen and oxygen atoms in total. The number of nitriles is 1. The van der Waals surface area contributed by atoms with E-state index in [1.165, 1.54) is 0 Å². The summed E-state index contributed by atoms with van der Waals surface area (Å²) in [6, 6.07) is 12.0. The van der Waals surface area contributed by atoms with Crippen molar-refractivity contribution in [2.45, 2.75) is 5.92 Å². The molecule has 0 saturated heterocycles. The van der Waals surface area contributed by atoms with Crippen molar-refractivity contribution in [3.8, 4) is 6.07 Å². The predicted molar refractivity (Wildman–Crippen MR) is 65.8 cm³/mol. The molecule has 1 aliphatic rings. The average Bonchev–Trinajstić information content (AvgIpc) is 2.42. The first-order chi connectivity index (χ1) is 8.35. The molecule has 2 rings (SSSR count). The fourth-order valence-electron chi connectivity index (χ4n) is 1.87. The molecule has 0 spiro atoms. The van der Waals surface area contributed by atoms with Gasteiger partial charge in [0.2, 0.25) is 0 Å². The Balaban J connectivity index is 2.23. The van der Waals surface area contributed by atoms with Crippen molar-refractivity contribution in [2.24, 2.45) is 11.1 Å². The van der Waals surface area contributed by atoms with Gasteiger partial charge in [0.1, 0.15) is 5.71 Å². The van der Waals surface area contributed by atoms with Crippen LogP contribution in [-0.4, -0.2) is 10.9 Å². The Morgan fingerprint density at radius 3 is 2.35 bits per heavy atom. The third kappa shape index (κ3) is 2.43. The Morgan fingerprint density at radius 2 is 1.82 bits per heavy atom. The number of allylic oxidation sites excluding steroid dienone is 4. The molecule has 3 heteroatoms. The van der Waals surface area contributed by atoms with Crippen molar-refractivity contribution < 1.29 is 5.21 Å². The minimum Gasteiger partial charge on any atom is -0.410 e. The largest absolute Gasteiger partial charge is 0.410 e. The Labute approximate surface area is 100 Å². The second kappa shape index (κ2) is 5.13. The first-order valence-corrected chi connectivity index (χ1v) is 5.38. The minimum atomic E-state index is -0.205. The normalized spacial score (nSPS) is 19.7. The highest BCUT2D eigenvalue weighted by Gasteiger charge is 2.20. The predicted octanol–water partition coefficient (Wildman–Crippen LogP) is 2.87. The van der Waals surface area contributed by atoms with Gasteiger partial charge in [0.25, 0.3) is 0 Å². The molecule has 0 aliphatic heterocycles. The van der Waals surface area contributed by atoms with E-state index in [2.05, 4.69) is 11.2 Å². The van der Waals surface area contributed by atoms with Crippen molar-refractivity contribution in [1.29, 1.82) is 5.26 Å². The highest BCUT2D eigenvalue weighted by atomic mass is 16.4. The molecule has 0 fully saturated rings. The minimum absolute atomic E-state index is 0.0212. The lowest BCUT2D eigenvalue weighted by Crippen LogP contribution is -2.10. The van der Waals surface area contributed by atoms with E-state index in [0.29, 0.717) is 5.71 Å². The molecular weight excluding hydrogens is 212 g/mol. The summed E-state index contributed by atoms with van der Waals surface area (Å²) in [7, 11) is 0. The summed E-state index contributed by atoms with van der Waals surface area (Å²) in [5.41, 5.74) is 1.50. The molecule has 1 N–H and O–H groups in total. The Kier molecular flexibility index (Phi) is 3.37. The van der Waals surface area contributed by atoms with Crippen LogP contribution in [0, 0.1) is 17.2 Å². The molecule has 84 valence electrons. The van der Waals surface area contributed by atoms with Crippen molar-refractivity contribution in [1.82, 2.24) is 0 Å². The summed E-state index contributed by atoms with van der Waals surface area (Å²) >= 11 is 0. The number of benzene rings is 1. The zero-order valence-corrected chi connectivity index (χ0v) is 9.19. The molecule has 0 bridgehead atoms. The average molecular weight is 224 g/mol. The van der Waals surface area contributed by atoms with E-state index in [-0.39, 0.29) is 11.8 Å². The monoisotopic (exact) mass is 224 g/mol. The Bertz CT molecular complexity index is 493. The topological polar surface area (TPSA) is 56.4 Å². The standard InChI is InChI=1S/C14H12N2O/c15-10-14(11-4-2-1-3-5-11)12-6-8-13(16-17)9-7-12/h1-9,12,14,17H. The molecule has 1 aromatic carbocycles. The molecule has 0 heterocycles. The maximum Gasteiger partial charge on any atom is 0.102 e. The van der Waals surface area contributed by atoms with E-state index >= 15 is 0 Å². The van der Waals surface area contributed by atoms with Gasteiger partial charge in [0.15, 0.2) is 0 Å². The fourth-order valence-corrected chi connectivity index (χ4v) is 1.87. The van der Waals surface area contributed by atoms with Crippen LogP contribution < -0.4 is 0 Å². The number of hydrogen-bond donors (Lipinski definition) is 1. The van der Waals surface area contributed by atoms with Crippen LogP contribution in [0.15, 0.2) is 59.8 Å². The maximum absolute atomic E-state index is 9.26. The lowest BCUT2D eigenvalue weighted by Gasteiger charge is -2.17. The Morgan fingerprint density at radius 1 is 1.18 bits per heavy atom. The number of oxime groups is 1. The van der Waals surface area contributed by atoms with Crippen molar-refractivity contribution >= 4 is 5.71 Å². The van der Waals surface area contributed by atoms with E-state index in [4.69, 9.17) is 5.21 Å². The molecule has 0 aromatic heterocycles. The fraction of sp³-hybridized carbons (Fsp3) is 0.143. The van der Waals surface area contributed by atoms with E-state index in [0.717, 1.165) is 5.56 Å². The van der Waals surface area contributed by atoms with Gasteiger partial charge in [-0.3, -0.25) is 0 Å². The van der Waals surface area contributed by atoms with E-state index in [9.17, 15) is 5.26 Å². The molecule has 1 aromatic rings. The Hall–Kier alpha value is -2.34. The molecule has 0 saturated carbocycles. The first kappa shape index (κ1) is 11.2. The lowest BCUT2D eigenvalue weighted by molar-refractivity contribution is 0.320. The lowest BCUT2D eigenvalue weighted by atomic mass is 9.84. The van der Waals surface area contributed by atoms with E-state index in [1.54, 1.807) is 12.2 Å². The van der Waals surface area contributed by atoms with Crippen LogP contribution in [0.3, 0.4) is 0 Å². The zero-order valence-electron chi connectivity index (χ0n) is 9.19. The van der Waals surface area contributed by atoms with Gasteiger partial charge in [-0.25, -0.2) is 0 Å². The third-order valence-electron chi connectivity index (χ3n) is 2.78. The van der Waals surface area contributed by atoms with Gasteiger partial charge in [0, 0.05) is 5.92 Å². The van der Waals surface area contributed by atoms with Crippen LogP contribution in [0.4, 0.5) is 0 Å². The van der Waals surface area contributed by atoms with Crippen molar-refractivity contribution in [2.75, 3.05) is 0 Å². The molecule has 0 radical (unpaired) electrons.